The first-order valence-electron chi connectivity index (χ1n) is 6.29. The third-order valence-corrected chi connectivity index (χ3v) is 4.02. The van der Waals surface area contributed by atoms with Gasteiger partial charge >= 0.3 is 0 Å². The Bertz CT molecular complexity index is 388. The third kappa shape index (κ3) is 2.64. The van der Waals surface area contributed by atoms with Gasteiger partial charge in [-0.3, -0.25) is 9.58 Å². The zero-order chi connectivity index (χ0) is 12.4. The number of aryl methyl sites for hydroxylation is 2. The van der Waals surface area contributed by atoms with E-state index in [1.165, 1.54) is 6.42 Å². The maximum absolute atomic E-state index is 6.31. The average molecular weight is 257 g/mol. The second kappa shape index (κ2) is 5.38. The Morgan fingerprint density at radius 2 is 2.29 bits per heavy atom. The summed E-state index contributed by atoms with van der Waals surface area (Å²) in [6, 6.07) is 0. The molecule has 2 rings (SSSR count). The molecule has 1 unspecified atom stereocenters. The van der Waals surface area contributed by atoms with E-state index in [0.717, 1.165) is 49.1 Å². The van der Waals surface area contributed by atoms with Gasteiger partial charge in [-0.05, 0) is 39.3 Å². The van der Waals surface area contributed by atoms with Gasteiger partial charge in [0.1, 0.15) is 0 Å². The smallest absolute Gasteiger partial charge is 0.0860 e. The van der Waals surface area contributed by atoms with E-state index in [4.69, 9.17) is 17.3 Å². The van der Waals surface area contributed by atoms with Crippen LogP contribution in [0.15, 0.2) is 0 Å². The summed E-state index contributed by atoms with van der Waals surface area (Å²) >= 11 is 6.31. The average Bonchev–Trinajstić information content (AvgIpc) is 2.89. The Morgan fingerprint density at radius 3 is 2.88 bits per heavy atom. The minimum absolute atomic E-state index is 0.646. The molecular weight excluding hydrogens is 236 g/mol. The summed E-state index contributed by atoms with van der Waals surface area (Å²) in [4.78, 5) is 2.42. The molecule has 1 aliphatic heterocycles. The van der Waals surface area contributed by atoms with E-state index >= 15 is 0 Å². The molecular formula is C12H21ClN4. The van der Waals surface area contributed by atoms with Gasteiger partial charge in [-0.2, -0.15) is 5.10 Å². The number of aromatic nitrogens is 2. The maximum atomic E-state index is 6.31. The Hall–Kier alpha value is -0.580. The lowest BCUT2D eigenvalue weighted by molar-refractivity contribution is 0.306. The van der Waals surface area contributed by atoms with Crippen molar-refractivity contribution < 1.29 is 0 Å². The monoisotopic (exact) mass is 256 g/mol. The highest BCUT2D eigenvalue weighted by Crippen LogP contribution is 2.24. The Balaban J connectivity index is 2.08. The molecule has 1 fully saturated rings. The van der Waals surface area contributed by atoms with Crippen molar-refractivity contribution in [2.24, 2.45) is 11.7 Å². The lowest BCUT2D eigenvalue weighted by Crippen LogP contribution is -2.24. The molecule has 2 N–H and O–H groups in total. The quantitative estimate of drug-likeness (QED) is 0.891. The highest BCUT2D eigenvalue weighted by atomic mass is 35.5. The van der Waals surface area contributed by atoms with E-state index < -0.39 is 0 Å². The number of nitrogens with two attached hydrogens (primary N) is 1. The van der Waals surface area contributed by atoms with Crippen LogP contribution >= 0.6 is 11.6 Å². The molecule has 0 aliphatic carbocycles. The minimum atomic E-state index is 0.646. The maximum Gasteiger partial charge on any atom is 0.0860 e. The lowest BCUT2D eigenvalue weighted by atomic mass is 10.1. The van der Waals surface area contributed by atoms with Crippen LogP contribution in [0.5, 0.6) is 0 Å². The van der Waals surface area contributed by atoms with Gasteiger partial charge in [0, 0.05) is 19.6 Å². The Kier molecular flexibility index (Phi) is 4.07. The predicted octanol–water partition coefficient (Wildman–Crippen LogP) is 1.65. The standard InChI is InChI=1S/C12H21ClN4/c1-3-17-11(12(13)9(2)15-17)8-16-5-4-10(6-14)7-16/h10H,3-8,14H2,1-2H3. The fraction of sp³-hybridized carbons (Fsp3) is 0.750. The first kappa shape index (κ1) is 12.9. The molecule has 0 spiro atoms. The molecule has 1 aromatic rings. The topological polar surface area (TPSA) is 47.1 Å². The number of nitrogens with zero attached hydrogens (tertiary/aromatic N) is 3. The number of likely N-dealkylation sites (tertiary alicyclic amines) is 1. The van der Waals surface area contributed by atoms with Crippen molar-refractivity contribution in [3.8, 4) is 0 Å². The van der Waals surface area contributed by atoms with Crippen LogP contribution in [-0.4, -0.2) is 34.3 Å². The molecule has 0 aromatic carbocycles. The molecule has 0 radical (unpaired) electrons. The first-order chi connectivity index (χ1) is 8.15. The second-order valence-corrected chi connectivity index (χ2v) is 5.17. The summed E-state index contributed by atoms with van der Waals surface area (Å²) < 4.78 is 2.01. The second-order valence-electron chi connectivity index (χ2n) is 4.79. The van der Waals surface area contributed by atoms with Gasteiger partial charge in [0.2, 0.25) is 0 Å². The van der Waals surface area contributed by atoms with Gasteiger partial charge in [-0.15, -0.1) is 0 Å². The van der Waals surface area contributed by atoms with E-state index in [-0.39, 0.29) is 0 Å². The van der Waals surface area contributed by atoms with Crippen LogP contribution in [0.4, 0.5) is 0 Å². The van der Waals surface area contributed by atoms with Crippen molar-refractivity contribution in [3.05, 3.63) is 16.4 Å². The molecule has 0 saturated carbocycles. The normalized spacial score (nSPS) is 21.3. The van der Waals surface area contributed by atoms with Crippen LogP contribution in [0.25, 0.3) is 0 Å². The van der Waals surface area contributed by atoms with Crippen molar-refractivity contribution in [3.63, 3.8) is 0 Å². The molecule has 17 heavy (non-hydrogen) atoms. The SMILES string of the molecule is CCn1nc(C)c(Cl)c1CN1CCC(CN)C1. The number of rotatable bonds is 4. The predicted molar refractivity (Wildman–Crippen MR) is 70.1 cm³/mol. The van der Waals surface area contributed by atoms with Crippen molar-refractivity contribution in [1.82, 2.24) is 14.7 Å². The van der Waals surface area contributed by atoms with E-state index in [2.05, 4.69) is 16.9 Å². The lowest BCUT2D eigenvalue weighted by Gasteiger charge is -2.16. The van der Waals surface area contributed by atoms with Crippen LogP contribution < -0.4 is 5.73 Å². The number of halogens is 1. The van der Waals surface area contributed by atoms with Gasteiger partial charge < -0.3 is 5.73 Å². The summed E-state index contributed by atoms with van der Waals surface area (Å²) in [5.74, 6) is 0.646. The van der Waals surface area contributed by atoms with Crippen LogP contribution in [0, 0.1) is 12.8 Å². The molecule has 2 heterocycles. The van der Waals surface area contributed by atoms with E-state index in [1.807, 2.05) is 11.6 Å². The summed E-state index contributed by atoms with van der Waals surface area (Å²) in [5.41, 5.74) is 7.78. The number of hydrogen-bond acceptors (Lipinski definition) is 3. The third-order valence-electron chi connectivity index (χ3n) is 3.53. The summed E-state index contributed by atoms with van der Waals surface area (Å²) in [6.07, 6.45) is 1.20. The van der Waals surface area contributed by atoms with Gasteiger partial charge in [0.25, 0.3) is 0 Å². The van der Waals surface area contributed by atoms with E-state index in [1.54, 1.807) is 0 Å². The zero-order valence-corrected chi connectivity index (χ0v) is 11.4. The largest absolute Gasteiger partial charge is 0.330 e. The Morgan fingerprint density at radius 1 is 1.53 bits per heavy atom. The summed E-state index contributed by atoms with van der Waals surface area (Å²) in [6.45, 7) is 8.81. The molecule has 4 nitrogen and oxygen atoms in total. The van der Waals surface area contributed by atoms with Crippen LogP contribution in [0.3, 0.4) is 0 Å². The summed E-state index contributed by atoms with van der Waals surface area (Å²) in [7, 11) is 0. The highest BCUT2D eigenvalue weighted by molar-refractivity contribution is 6.31. The van der Waals surface area contributed by atoms with E-state index in [0.29, 0.717) is 5.92 Å². The van der Waals surface area contributed by atoms with Crippen molar-refractivity contribution in [2.75, 3.05) is 19.6 Å². The van der Waals surface area contributed by atoms with Gasteiger partial charge in [0.05, 0.1) is 16.4 Å². The molecule has 0 bridgehead atoms. The first-order valence-corrected chi connectivity index (χ1v) is 6.67. The molecule has 1 saturated heterocycles. The summed E-state index contributed by atoms with van der Waals surface area (Å²) in [5, 5.41) is 5.27. The van der Waals surface area contributed by atoms with Crippen LogP contribution in [0.2, 0.25) is 5.02 Å². The van der Waals surface area contributed by atoms with E-state index in [9.17, 15) is 0 Å². The van der Waals surface area contributed by atoms with Gasteiger partial charge in [0.15, 0.2) is 0 Å². The molecule has 5 heteroatoms. The van der Waals surface area contributed by atoms with Gasteiger partial charge in [-0.25, -0.2) is 0 Å². The van der Waals surface area contributed by atoms with Crippen molar-refractivity contribution >= 4 is 11.6 Å². The molecule has 1 aromatic heterocycles. The van der Waals surface area contributed by atoms with Crippen molar-refractivity contribution in [1.29, 1.82) is 0 Å². The number of hydrogen-bond donors (Lipinski definition) is 1. The fourth-order valence-corrected chi connectivity index (χ4v) is 2.68. The molecule has 96 valence electrons. The molecule has 1 aliphatic rings. The molecule has 0 amide bonds. The zero-order valence-electron chi connectivity index (χ0n) is 10.6. The van der Waals surface area contributed by atoms with Crippen molar-refractivity contribution in [2.45, 2.75) is 33.4 Å². The van der Waals surface area contributed by atoms with Crippen LogP contribution in [-0.2, 0) is 13.1 Å². The van der Waals surface area contributed by atoms with Crippen LogP contribution in [0.1, 0.15) is 24.7 Å². The minimum Gasteiger partial charge on any atom is -0.330 e. The fourth-order valence-electron chi connectivity index (χ4n) is 2.48. The highest BCUT2D eigenvalue weighted by Gasteiger charge is 2.23. The Labute approximate surface area is 108 Å². The molecule has 1 atom stereocenters. The van der Waals surface area contributed by atoms with Gasteiger partial charge in [-0.1, -0.05) is 11.6 Å².